The van der Waals surface area contributed by atoms with Crippen LogP contribution in [-0.2, 0) is 4.79 Å². The summed E-state index contributed by atoms with van der Waals surface area (Å²) in [7, 11) is 0. The molecule has 21 heavy (non-hydrogen) atoms. The van der Waals surface area contributed by atoms with E-state index in [2.05, 4.69) is 15.6 Å². The number of anilines is 1. The van der Waals surface area contributed by atoms with Crippen molar-refractivity contribution in [3.63, 3.8) is 0 Å². The van der Waals surface area contributed by atoms with Crippen LogP contribution in [0.25, 0.3) is 10.6 Å². The minimum atomic E-state index is 0.101. The van der Waals surface area contributed by atoms with E-state index in [4.69, 9.17) is 0 Å². The number of nitrogens with zero attached hydrogens (tertiary/aromatic N) is 1. The first-order valence-electron chi connectivity index (χ1n) is 7.32. The van der Waals surface area contributed by atoms with Gasteiger partial charge in [-0.2, -0.15) is 0 Å². The van der Waals surface area contributed by atoms with Crippen LogP contribution in [0.2, 0.25) is 0 Å². The monoisotopic (exact) mass is 301 g/mol. The van der Waals surface area contributed by atoms with Gasteiger partial charge in [-0.25, -0.2) is 4.98 Å². The van der Waals surface area contributed by atoms with E-state index in [0.29, 0.717) is 12.3 Å². The molecule has 1 unspecified atom stereocenters. The first-order chi connectivity index (χ1) is 10.3. The number of benzene rings is 1. The van der Waals surface area contributed by atoms with Crippen molar-refractivity contribution >= 4 is 22.9 Å². The van der Waals surface area contributed by atoms with Gasteiger partial charge in [0.15, 0.2) is 0 Å². The highest BCUT2D eigenvalue weighted by Gasteiger charge is 2.15. The molecular weight excluding hydrogens is 282 g/mol. The Morgan fingerprint density at radius 1 is 1.38 bits per heavy atom. The molecule has 0 aliphatic carbocycles. The van der Waals surface area contributed by atoms with Gasteiger partial charge in [-0.1, -0.05) is 0 Å². The van der Waals surface area contributed by atoms with Gasteiger partial charge in [-0.05, 0) is 56.1 Å². The zero-order valence-corrected chi connectivity index (χ0v) is 12.7. The molecule has 0 saturated carbocycles. The maximum atomic E-state index is 11.9. The van der Waals surface area contributed by atoms with E-state index in [-0.39, 0.29) is 5.91 Å². The highest BCUT2D eigenvalue weighted by atomic mass is 32.1. The average Bonchev–Trinajstić information content (AvgIpc) is 3.19. The quantitative estimate of drug-likeness (QED) is 0.892. The fourth-order valence-electron chi connectivity index (χ4n) is 2.58. The predicted molar refractivity (Wildman–Crippen MR) is 86.4 cm³/mol. The van der Waals surface area contributed by atoms with Crippen LogP contribution < -0.4 is 10.6 Å². The number of hydrogen-bond acceptors (Lipinski definition) is 4. The molecule has 2 heterocycles. The number of rotatable bonds is 5. The number of amides is 1. The smallest absolute Gasteiger partial charge is 0.224 e. The van der Waals surface area contributed by atoms with E-state index in [1.807, 2.05) is 29.6 Å². The zero-order chi connectivity index (χ0) is 14.5. The fraction of sp³-hybridized carbons (Fsp3) is 0.375. The summed E-state index contributed by atoms with van der Waals surface area (Å²) >= 11 is 1.61. The largest absolute Gasteiger partial charge is 0.326 e. The molecule has 2 N–H and O–H groups in total. The van der Waals surface area contributed by atoms with Crippen molar-refractivity contribution < 1.29 is 4.79 Å². The Bertz CT molecular complexity index is 574. The number of carbonyl (C=O) groups excluding carboxylic acids is 1. The molecule has 0 bridgehead atoms. The minimum absolute atomic E-state index is 0.101. The van der Waals surface area contributed by atoms with Crippen LogP contribution in [0.1, 0.15) is 19.3 Å². The Hall–Kier alpha value is -1.72. The van der Waals surface area contributed by atoms with Gasteiger partial charge in [0, 0.05) is 29.2 Å². The van der Waals surface area contributed by atoms with Crippen LogP contribution in [0.15, 0.2) is 35.8 Å². The van der Waals surface area contributed by atoms with E-state index in [1.165, 1.54) is 6.42 Å². The van der Waals surface area contributed by atoms with Crippen molar-refractivity contribution in [1.82, 2.24) is 10.3 Å². The molecule has 1 saturated heterocycles. The molecule has 3 rings (SSSR count). The summed E-state index contributed by atoms with van der Waals surface area (Å²) in [6.07, 6.45) is 4.56. The topological polar surface area (TPSA) is 54.0 Å². The molecule has 5 heteroatoms. The number of nitrogens with one attached hydrogen (secondary N) is 2. The zero-order valence-electron chi connectivity index (χ0n) is 11.8. The van der Waals surface area contributed by atoms with Gasteiger partial charge in [0.2, 0.25) is 5.91 Å². The van der Waals surface area contributed by atoms with E-state index in [9.17, 15) is 4.79 Å². The summed E-state index contributed by atoms with van der Waals surface area (Å²) in [6, 6.07) is 7.86. The van der Waals surface area contributed by atoms with Gasteiger partial charge in [-0.15, -0.1) is 11.3 Å². The van der Waals surface area contributed by atoms with Crippen LogP contribution >= 0.6 is 11.3 Å². The van der Waals surface area contributed by atoms with Crippen LogP contribution in [0.4, 0.5) is 5.69 Å². The Kier molecular flexibility index (Phi) is 4.62. The number of hydrogen-bond donors (Lipinski definition) is 2. The third kappa shape index (κ3) is 3.89. The number of aromatic nitrogens is 1. The summed E-state index contributed by atoms with van der Waals surface area (Å²) in [4.78, 5) is 16.2. The van der Waals surface area contributed by atoms with E-state index in [1.54, 1.807) is 17.5 Å². The Morgan fingerprint density at radius 2 is 2.24 bits per heavy atom. The highest BCUT2D eigenvalue weighted by molar-refractivity contribution is 7.13. The SMILES string of the molecule is O=C(CCC1CCNC1)Nc1ccc(-c2nccs2)cc1. The summed E-state index contributed by atoms with van der Waals surface area (Å²) in [5, 5.41) is 9.25. The molecule has 1 aliphatic heterocycles. The van der Waals surface area contributed by atoms with Crippen molar-refractivity contribution in [1.29, 1.82) is 0 Å². The standard InChI is InChI=1S/C16H19N3OS/c20-15(6-1-12-7-8-17-11-12)19-14-4-2-13(3-5-14)16-18-9-10-21-16/h2-5,9-10,12,17H,1,6-8,11H2,(H,19,20). The molecule has 1 aromatic heterocycles. The van der Waals surface area contributed by atoms with Crippen LogP contribution in [0.5, 0.6) is 0 Å². The third-order valence-corrected chi connectivity index (χ3v) is 4.61. The van der Waals surface area contributed by atoms with E-state index >= 15 is 0 Å². The molecule has 1 atom stereocenters. The average molecular weight is 301 g/mol. The summed E-state index contributed by atoms with van der Waals surface area (Å²) in [5.74, 6) is 0.756. The second-order valence-corrected chi connectivity index (χ2v) is 6.25. The fourth-order valence-corrected chi connectivity index (χ4v) is 3.23. The lowest BCUT2D eigenvalue weighted by Gasteiger charge is -2.09. The lowest BCUT2D eigenvalue weighted by molar-refractivity contribution is -0.116. The van der Waals surface area contributed by atoms with Crippen LogP contribution in [0.3, 0.4) is 0 Å². The maximum Gasteiger partial charge on any atom is 0.224 e. The van der Waals surface area contributed by atoms with Crippen LogP contribution in [0, 0.1) is 5.92 Å². The normalized spacial score (nSPS) is 17.8. The van der Waals surface area contributed by atoms with Gasteiger partial charge >= 0.3 is 0 Å². The first kappa shape index (κ1) is 14.2. The number of carbonyl (C=O) groups is 1. The lowest BCUT2D eigenvalue weighted by atomic mass is 10.0. The lowest BCUT2D eigenvalue weighted by Crippen LogP contribution is -2.14. The van der Waals surface area contributed by atoms with Gasteiger partial charge in [-0.3, -0.25) is 4.79 Å². The molecular formula is C16H19N3OS. The molecule has 110 valence electrons. The highest BCUT2D eigenvalue weighted by Crippen LogP contribution is 2.23. The Labute approximate surface area is 128 Å². The third-order valence-electron chi connectivity index (χ3n) is 3.79. The van der Waals surface area contributed by atoms with Crippen molar-refractivity contribution in [2.75, 3.05) is 18.4 Å². The summed E-state index contributed by atoms with van der Waals surface area (Å²) in [6.45, 7) is 2.14. The minimum Gasteiger partial charge on any atom is -0.326 e. The van der Waals surface area contributed by atoms with Gasteiger partial charge in [0.25, 0.3) is 0 Å². The molecule has 2 aromatic rings. The first-order valence-corrected chi connectivity index (χ1v) is 8.20. The van der Waals surface area contributed by atoms with E-state index in [0.717, 1.165) is 35.8 Å². The van der Waals surface area contributed by atoms with Crippen molar-refractivity contribution in [3.05, 3.63) is 35.8 Å². The summed E-state index contributed by atoms with van der Waals surface area (Å²) in [5.41, 5.74) is 1.94. The molecule has 1 fully saturated rings. The van der Waals surface area contributed by atoms with E-state index < -0.39 is 0 Å². The predicted octanol–water partition coefficient (Wildman–Crippen LogP) is 3.14. The van der Waals surface area contributed by atoms with Crippen molar-refractivity contribution in [2.24, 2.45) is 5.92 Å². The molecule has 1 amide bonds. The Morgan fingerprint density at radius 3 is 2.90 bits per heavy atom. The second kappa shape index (κ2) is 6.83. The second-order valence-electron chi connectivity index (χ2n) is 5.36. The molecule has 4 nitrogen and oxygen atoms in total. The molecule has 1 aromatic carbocycles. The molecule has 0 spiro atoms. The van der Waals surface area contributed by atoms with Crippen molar-refractivity contribution in [3.8, 4) is 10.6 Å². The van der Waals surface area contributed by atoms with Crippen molar-refractivity contribution in [2.45, 2.75) is 19.3 Å². The van der Waals surface area contributed by atoms with Crippen LogP contribution in [-0.4, -0.2) is 24.0 Å². The maximum absolute atomic E-state index is 11.9. The van der Waals surface area contributed by atoms with Gasteiger partial charge in [0.1, 0.15) is 5.01 Å². The van der Waals surface area contributed by atoms with Gasteiger partial charge in [0.05, 0.1) is 0 Å². The van der Waals surface area contributed by atoms with Gasteiger partial charge < -0.3 is 10.6 Å². The number of thiazole rings is 1. The molecule has 0 radical (unpaired) electrons. The summed E-state index contributed by atoms with van der Waals surface area (Å²) < 4.78 is 0. The Balaban J connectivity index is 1.51. The molecule has 1 aliphatic rings.